The van der Waals surface area contributed by atoms with Gasteiger partial charge in [-0.15, -0.1) is 0 Å². The van der Waals surface area contributed by atoms with Crippen LogP contribution in [0.5, 0.6) is 0 Å². The zero-order chi connectivity index (χ0) is 11.9. The topological polar surface area (TPSA) is 83.4 Å². The molecule has 0 aromatic carbocycles. The average Bonchev–Trinajstić information content (AvgIpc) is 2.19. The minimum Gasteiger partial charge on any atom is -0.465 e. The third-order valence-electron chi connectivity index (χ3n) is 2.19. The summed E-state index contributed by atoms with van der Waals surface area (Å²) in [6.07, 6.45) is -1.02. The second-order valence-corrected chi connectivity index (χ2v) is 3.80. The van der Waals surface area contributed by atoms with E-state index in [1.807, 2.05) is 0 Å². The first kappa shape index (κ1) is 11.1. The third kappa shape index (κ3) is 1.70. The highest BCUT2D eigenvalue weighted by molar-refractivity contribution is 6.33. The lowest BCUT2D eigenvalue weighted by atomic mass is 10.1. The standard InChI is InChI=1S/C8H5Cl2N3O3/c9-5-3-1-2-13(8(15)16)6(14)4(3)11-7(10)12-5/h1-2H2,(H,15,16). The molecule has 0 spiro atoms. The molecule has 1 aromatic rings. The smallest absolute Gasteiger partial charge is 0.414 e. The first-order chi connectivity index (χ1) is 7.50. The minimum atomic E-state index is -1.32. The molecule has 0 unspecified atom stereocenters. The number of fused-ring (bicyclic) bond motifs is 1. The van der Waals surface area contributed by atoms with Crippen LogP contribution in [0.4, 0.5) is 4.79 Å². The zero-order valence-corrected chi connectivity index (χ0v) is 9.29. The van der Waals surface area contributed by atoms with Crippen LogP contribution < -0.4 is 0 Å². The Morgan fingerprint density at radius 3 is 2.69 bits per heavy atom. The highest BCUT2D eigenvalue weighted by atomic mass is 35.5. The van der Waals surface area contributed by atoms with E-state index in [2.05, 4.69) is 9.97 Å². The van der Waals surface area contributed by atoms with Gasteiger partial charge in [0.2, 0.25) is 5.28 Å². The molecule has 0 radical (unpaired) electrons. The summed E-state index contributed by atoms with van der Waals surface area (Å²) in [7, 11) is 0. The van der Waals surface area contributed by atoms with E-state index in [1.54, 1.807) is 0 Å². The van der Waals surface area contributed by atoms with E-state index in [0.717, 1.165) is 0 Å². The van der Waals surface area contributed by atoms with E-state index in [0.29, 0.717) is 16.9 Å². The van der Waals surface area contributed by atoms with Gasteiger partial charge in [-0.05, 0) is 18.0 Å². The maximum absolute atomic E-state index is 11.7. The van der Waals surface area contributed by atoms with Crippen molar-refractivity contribution in [3.05, 3.63) is 21.7 Å². The average molecular weight is 262 g/mol. The van der Waals surface area contributed by atoms with Crippen molar-refractivity contribution in [2.75, 3.05) is 6.54 Å². The number of aromatic nitrogens is 2. The molecule has 84 valence electrons. The Bertz CT molecular complexity index is 492. The van der Waals surface area contributed by atoms with Gasteiger partial charge in [0.15, 0.2) is 0 Å². The fraction of sp³-hybridized carbons (Fsp3) is 0.250. The van der Waals surface area contributed by atoms with Crippen LogP contribution in [0.2, 0.25) is 10.4 Å². The molecule has 1 aliphatic heterocycles. The van der Waals surface area contributed by atoms with Crippen LogP contribution in [-0.4, -0.2) is 38.5 Å². The Morgan fingerprint density at radius 2 is 2.06 bits per heavy atom. The van der Waals surface area contributed by atoms with Gasteiger partial charge >= 0.3 is 6.09 Å². The highest BCUT2D eigenvalue weighted by Crippen LogP contribution is 2.24. The summed E-state index contributed by atoms with van der Waals surface area (Å²) in [6, 6.07) is 0. The van der Waals surface area contributed by atoms with Gasteiger partial charge in [-0.1, -0.05) is 11.6 Å². The van der Waals surface area contributed by atoms with Gasteiger partial charge in [-0.2, -0.15) is 0 Å². The van der Waals surface area contributed by atoms with Crippen LogP contribution in [0.15, 0.2) is 0 Å². The number of halogens is 2. The second kappa shape index (κ2) is 3.88. The maximum Gasteiger partial charge on any atom is 0.414 e. The van der Waals surface area contributed by atoms with E-state index >= 15 is 0 Å². The first-order valence-electron chi connectivity index (χ1n) is 4.27. The minimum absolute atomic E-state index is 0.0429. The van der Waals surface area contributed by atoms with Crippen LogP contribution in [0.3, 0.4) is 0 Å². The van der Waals surface area contributed by atoms with Crippen LogP contribution in [0.1, 0.15) is 16.1 Å². The molecule has 0 saturated carbocycles. The molecule has 0 saturated heterocycles. The van der Waals surface area contributed by atoms with Gasteiger partial charge in [0.1, 0.15) is 10.8 Å². The molecular formula is C8H5Cl2N3O3. The lowest BCUT2D eigenvalue weighted by Crippen LogP contribution is -2.42. The number of imide groups is 1. The van der Waals surface area contributed by atoms with E-state index in [9.17, 15) is 9.59 Å². The summed E-state index contributed by atoms with van der Waals surface area (Å²) in [4.78, 5) is 30.5. The Balaban J connectivity index is 2.52. The highest BCUT2D eigenvalue weighted by Gasteiger charge is 2.32. The van der Waals surface area contributed by atoms with Crippen molar-refractivity contribution in [3.8, 4) is 0 Å². The van der Waals surface area contributed by atoms with E-state index in [4.69, 9.17) is 28.3 Å². The summed E-state index contributed by atoms with van der Waals surface area (Å²) < 4.78 is 0. The number of nitrogens with zero attached hydrogens (tertiary/aromatic N) is 3. The Morgan fingerprint density at radius 1 is 1.38 bits per heavy atom. The van der Waals surface area contributed by atoms with Crippen LogP contribution in [0.25, 0.3) is 0 Å². The molecule has 1 N–H and O–H groups in total. The molecule has 16 heavy (non-hydrogen) atoms. The Kier molecular flexibility index (Phi) is 2.69. The number of rotatable bonds is 0. The third-order valence-corrected chi connectivity index (χ3v) is 2.68. The van der Waals surface area contributed by atoms with Gasteiger partial charge in [0, 0.05) is 12.1 Å². The van der Waals surface area contributed by atoms with E-state index < -0.39 is 12.0 Å². The van der Waals surface area contributed by atoms with Crippen LogP contribution >= 0.6 is 23.2 Å². The Labute approximate surface area is 99.8 Å². The van der Waals surface area contributed by atoms with E-state index in [-0.39, 0.29) is 22.7 Å². The second-order valence-electron chi connectivity index (χ2n) is 3.10. The number of amides is 2. The van der Waals surface area contributed by atoms with Crippen molar-refractivity contribution in [1.29, 1.82) is 0 Å². The molecule has 1 aliphatic rings. The summed E-state index contributed by atoms with van der Waals surface area (Å²) in [5, 5.41) is 8.68. The van der Waals surface area contributed by atoms with Gasteiger partial charge in [-0.3, -0.25) is 4.79 Å². The largest absolute Gasteiger partial charge is 0.465 e. The van der Waals surface area contributed by atoms with Gasteiger partial charge < -0.3 is 5.11 Å². The molecule has 2 amide bonds. The molecule has 2 rings (SSSR count). The van der Waals surface area contributed by atoms with Gasteiger partial charge in [0.05, 0.1) is 0 Å². The van der Waals surface area contributed by atoms with Crippen molar-refractivity contribution >= 4 is 35.2 Å². The fourth-order valence-electron chi connectivity index (χ4n) is 1.46. The number of hydrogen-bond donors (Lipinski definition) is 1. The van der Waals surface area contributed by atoms with Crippen molar-refractivity contribution in [2.24, 2.45) is 0 Å². The van der Waals surface area contributed by atoms with Gasteiger partial charge in [-0.25, -0.2) is 19.7 Å². The number of hydrogen-bond acceptors (Lipinski definition) is 4. The maximum atomic E-state index is 11.7. The zero-order valence-electron chi connectivity index (χ0n) is 7.78. The van der Waals surface area contributed by atoms with Gasteiger partial charge in [0.25, 0.3) is 5.91 Å². The summed E-state index contributed by atoms with van der Waals surface area (Å²) in [5.74, 6) is -0.722. The molecule has 0 aliphatic carbocycles. The molecule has 0 bridgehead atoms. The number of carbonyl (C=O) groups excluding carboxylic acids is 1. The number of carboxylic acid groups (broad SMARTS) is 1. The monoisotopic (exact) mass is 261 g/mol. The molecule has 2 heterocycles. The van der Waals surface area contributed by atoms with Crippen LogP contribution in [0, 0.1) is 0 Å². The lowest BCUT2D eigenvalue weighted by molar-refractivity contribution is 0.0720. The molecule has 8 heteroatoms. The summed E-state index contributed by atoms with van der Waals surface area (Å²) in [5.41, 5.74) is 0.396. The summed E-state index contributed by atoms with van der Waals surface area (Å²) >= 11 is 11.3. The van der Waals surface area contributed by atoms with E-state index in [1.165, 1.54) is 0 Å². The van der Waals surface area contributed by atoms with Crippen molar-refractivity contribution in [1.82, 2.24) is 14.9 Å². The fourth-order valence-corrected chi connectivity index (χ4v) is 1.94. The predicted molar refractivity (Wildman–Crippen MR) is 54.8 cm³/mol. The predicted octanol–water partition coefficient (Wildman–Crippen LogP) is 1.46. The van der Waals surface area contributed by atoms with Crippen molar-refractivity contribution in [2.45, 2.75) is 6.42 Å². The lowest BCUT2D eigenvalue weighted by Gasteiger charge is -2.23. The quantitative estimate of drug-likeness (QED) is 0.565. The molecule has 1 aromatic heterocycles. The Hall–Kier alpha value is -1.40. The molecule has 0 atom stereocenters. The van der Waals surface area contributed by atoms with Crippen molar-refractivity contribution < 1.29 is 14.7 Å². The molecule has 6 nitrogen and oxygen atoms in total. The first-order valence-corrected chi connectivity index (χ1v) is 5.03. The van der Waals surface area contributed by atoms with Crippen molar-refractivity contribution in [3.63, 3.8) is 0 Å². The SMILES string of the molecule is O=C(O)N1CCc2c(Cl)nc(Cl)nc2C1=O. The molecule has 0 fully saturated rings. The summed E-state index contributed by atoms with van der Waals surface area (Å²) in [6.45, 7) is 0.0475. The number of carbonyl (C=O) groups is 2. The van der Waals surface area contributed by atoms with Crippen LogP contribution in [-0.2, 0) is 6.42 Å². The normalized spacial score (nSPS) is 14.9. The molecular weight excluding hydrogens is 257 g/mol.